The van der Waals surface area contributed by atoms with Crippen LogP contribution in [0.5, 0.6) is 0 Å². The Morgan fingerprint density at radius 2 is 2.11 bits per heavy atom. The Kier molecular flexibility index (Phi) is 4.30. The lowest BCUT2D eigenvalue weighted by atomic mass is 9.74. The van der Waals surface area contributed by atoms with Crippen molar-refractivity contribution in [2.24, 2.45) is 11.3 Å². The Labute approximate surface area is 115 Å². The second-order valence-electron chi connectivity index (χ2n) is 6.16. The summed E-state index contributed by atoms with van der Waals surface area (Å²) in [5.74, 6) is 1.65. The summed E-state index contributed by atoms with van der Waals surface area (Å²) in [5.41, 5.74) is 7.79. The molecule has 1 aromatic rings. The molecule has 2 rings (SSSR count). The van der Waals surface area contributed by atoms with Crippen molar-refractivity contribution in [1.82, 2.24) is 4.98 Å². The Bertz CT molecular complexity index is 425. The van der Waals surface area contributed by atoms with Gasteiger partial charge in [0.1, 0.15) is 5.82 Å². The van der Waals surface area contributed by atoms with E-state index in [1.54, 1.807) is 6.20 Å². The van der Waals surface area contributed by atoms with Gasteiger partial charge < -0.3 is 15.8 Å². The van der Waals surface area contributed by atoms with Gasteiger partial charge in [-0.2, -0.15) is 0 Å². The maximum Gasteiger partial charge on any atom is 0.129 e. The molecule has 0 aromatic carbocycles. The second-order valence-corrected chi connectivity index (χ2v) is 6.16. The molecule has 2 heterocycles. The van der Waals surface area contributed by atoms with Crippen LogP contribution in [0.1, 0.15) is 32.3 Å². The summed E-state index contributed by atoms with van der Waals surface area (Å²) >= 11 is 0. The summed E-state index contributed by atoms with van der Waals surface area (Å²) in [4.78, 5) is 4.37. The molecule has 1 fully saturated rings. The van der Waals surface area contributed by atoms with Crippen LogP contribution in [0.25, 0.3) is 0 Å². The number of aromatic nitrogens is 1. The van der Waals surface area contributed by atoms with Crippen molar-refractivity contribution >= 4 is 11.5 Å². The van der Waals surface area contributed by atoms with Crippen LogP contribution in [0.15, 0.2) is 12.3 Å². The zero-order valence-electron chi connectivity index (χ0n) is 12.2. The largest absolute Gasteiger partial charge is 0.397 e. The molecular weight excluding hydrogens is 238 g/mol. The molecule has 106 valence electrons. The molecule has 0 bridgehead atoms. The predicted octanol–water partition coefficient (Wildman–Crippen LogP) is 2.84. The van der Waals surface area contributed by atoms with Crippen molar-refractivity contribution in [3.8, 4) is 0 Å². The van der Waals surface area contributed by atoms with Gasteiger partial charge in [0.25, 0.3) is 0 Å². The number of pyridine rings is 1. The molecule has 1 saturated heterocycles. The third-order valence-corrected chi connectivity index (χ3v) is 4.14. The van der Waals surface area contributed by atoms with E-state index in [-0.39, 0.29) is 5.41 Å². The van der Waals surface area contributed by atoms with Crippen LogP contribution >= 0.6 is 0 Å². The van der Waals surface area contributed by atoms with E-state index in [4.69, 9.17) is 10.5 Å². The SMILES string of the molecule is Cc1cc(N)cnc1NCC(C)(C)C1CCOCC1. The van der Waals surface area contributed by atoms with E-state index in [1.165, 1.54) is 0 Å². The number of aryl methyl sites for hydroxylation is 1. The Morgan fingerprint density at radius 3 is 2.74 bits per heavy atom. The molecule has 1 aromatic heterocycles. The molecule has 4 nitrogen and oxygen atoms in total. The first-order valence-electron chi connectivity index (χ1n) is 7.03. The van der Waals surface area contributed by atoms with Gasteiger partial charge >= 0.3 is 0 Å². The van der Waals surface area contributed by atoms with E-state index in [9.17, 15) is 0 Å². The van der Waals surface area contributed by atoms with E-state index >= 15 is 0 Å². The first-order valence-corrected chi connectivity index (χ1v) is 7.03. The smallest absolute Gasteiger partial charge is 0.129 e. The minimum absolute atomic E-state index is 0.249. The lowest BCUT2D eigenvalue weighted by molar-refractivity contribution is 0.0268. The maximum absolute atomic E-state index is 5.72. The topological polar surface area (TPSA) is 60.2 Å². The van der Waals surface area contributed by atoms with Gasteiger partial charge in [-0.05, 0) is 42.7 Å². The molecule has 0 saturated carbocycles. The van der Waals surface area contributed by atoms with Crippen LogP contribution < -0.4 is 11.1 Å². The third-order valence-electron chi connectivity index (χ3n) is 4.14. The molecule has 1 aliphatic rings. The summed E-state index contributed by atoms with van der Waals surface area (Å²) in [7, 11) is 0. The zero-order valence-corrected chi connectivity index (χ0v) is 12.2. The lowest BCUT2D eigenvalue weighted by Gasteiger charge is -2.37. The van der Waals surface area contributed by atoms with E-state index < -0.39 is 0 Å². The van der Waals surface area contributed by atoms with Gasteiger partial charge in [-0.3, -0.25) is 0 Å². The number of nitrogen functional groups attached to an aromatic ring is 1. The number of nitrogens with one attached hydrogen (secondary N) is 1. The first-order chi connectivity index (χ1) is 8.99. The molecule has 0 radical (unpaired) electrons. The highest BCUT2D eigenvalue weighted by Gasteiger charge is 2.30. The van der Waals surface area contributed by atoms with Crippen molar-refractivity contribution in [3.63, 3.8) is 0 Å². The number of nitrogens with zero attached hydrogens (tertiary/aromatic N) is 1. The number of anilines is 2. The molecule has 0 amide bonds. The van der Waals surface area contributed by atoms with Crippen molar-refractivity contribution in [3.05, 3.63) is 17.8 Å². The predicted molar refractivity (Wildman–Crippen MR) is 79.2 cm³/mol. The van der Waals surface area contributed by atoms with Gasteiger partial charge in [-0.1, -0.05) is 13.8 Å². The fourth-order valence-corrected chi connectivity index (χ4v) is 2.72. The average Bonchev–Trinajstić information content (AvgIpc) is 2.39. The van der Waals surface area contributed by atoms with Crippen LogP contribution in [0, 0.1) is 18.3 Å². The number of rotatable bonds is 4. The van der Waals surface area contributed by atoms with Gasteiger partial charge in [0.05, 0.1) is 11.9 Å². The van der Waals surface area contributed by atoms with Gasteiger partial charge in [0, 0.05) is 19.8 Å². The van der Waals surface area contributed by atoms with Crippen molar-refractivity contribution in [2.45, 2.75) is 33.6 Å². The molecule has 1 aliphatic heterocycles. The molecule has 0 unspecified atom stereocenters. The van der Waals surface area contributed by atoms with Gasteiger partial charge in [-0.25, -0.2) is 4.98 Å². The number of hydrogen-bond donors (Lipinski definition) is 2. The molecule has 0 atom stereocenters. The van der Waals surface area contributed by atoms with Gasteiger partial charge in [-0.15, -0.1) is 0 Å². The Hall–Kier alpha value is -1.29. The van der Waals surface area contributed by atoms with Crippen LogP contribution in [0.3, 0.4) is 0 Å². The summed E-state index contributed by atoms with van der Waals surface area (Å²) in [6, 6.07) is 1.96. The average molecular weight is 263 g/mol. The van der Waals surface area contributed by atoms with E-state index in [2.05, 4.69) is 24.1 Å². The monoisotopic (exact) mass is 263 g/mol. The Balaban J connectivity index is 1.96. The minimum atomic E-state index is 0.249. The standard InChI is InChI=1S/C15H25N3O/c1-11-8-13(16)9-17-14(11)18-10-15(2,3)12-4-6-19-7-5-12/h8-9,12H,4-7,10,16H2,1-3H3,(H,17,18). The fourth-order valence-electron chi connectivity index (χ4n) is 2.72. The number of hydrogen-bond acceptors (Lipinski definition) is 4. The van der Waals surface area contributed by atoms with Crippen LogP contribution in [-0.2, 0) is 4.74 Å². The molecule has 0 spiro atoms. The molecular formula is C15H25N3O. The number of ether oxygens (including phenoxy) is 1. The molecule has 4 heteroatoms. The van der Waals surface area contributed by atoms with Crippen molar-refractivity contribution in [2.75, 3.05) is 30.8 Å². The second kappa shape index (κ2) is 5.78. The molecule has 0 aliphatic carbocycles. The summed E-state index contributed by atoms with van der Waals surface area (Å²) in [6.45, 7) is 9.40. The first kappa shape index (κ1) is 14.1. The highest BCUT2D eigenvalue weighted by Crippen LogP contribution is 2.34. The van der Waals surface area contributed by atoms with Crippen LogP contribution in [0.2, 0.25) is 0 Å². The van der Waals surface area contributed by atoms with Crippen LogP contribution in [-0.4, -0.2) is 24.7 Å². The van der Waals surface area contributed by atoms with E-state index in [0.717, 1.165) is 44.0 Å². The molecule has 19 heavy (non-hydrogen) atoms. The van der Waals surface area contributed by atoms with E-state index in [1.807, 2.05) is 13.0 Å². The zero-order chi connectivity index (χ0) is 13.9. The summed E-state index contributed by atoms with van der Waals surface area (Å²) < 4.78 is 5.44. The fraction of sp³-hybridized carbons (Fsp3) is 0.667. The minimum Gasteiger partial charge on any atom is -0.397 e. The maximum atomic E-state index is 5.72. The normalized spacial score (nSPS) is 17.4. The highest BCUT2D eigenvalue weighted by atomic mass is 16.5. The van der Waals surface area contributed by atoms with E-state index in [0.29, 0.717) is 11.6 Å². The highest BCUT2D eigenvalue weighted by molar-refractivity contribution is 5.50. The van der Waals surface area contributed by atoms with Crippen molar-refractivity contribution < 1.29 is 4.74 Å². The molecule has 3 N–H and O–H groups in total. The number of nitrogens with two attached hydrogens (primary N) is 1. The quantitative estimate of drug-likeness (QED) is 0.877. The van der Waals surface area contributed by atoms with Gasteiger partial charge in [0.15, 0.2) is 0 Å². The summed E-state index contributed by atoms with van der Waals surface area (Å²) in [5, 5.41) is 3.47. The van der Waals surface area contributed by atoms with Crippen molar-refractivity contribution in [1.29, 1.82) is 0 Å². The summed E-state index contributed by atoms with van der Waals surface area (Å²) in [6.07, 6.45) is 4.02. The third kappa shape index (κ3) is 3.60. The van der Waals surface area contributed by atoms with Crippen LogP contribution in [0.4, 0.5) is 11.5 Å². The lowest BCUT2D eigenvalue weighted by Crippen LogP contribution is -2.35. The Morgan fingerprint density at radius 1 is 1.42 bits per heavy atom. The van der Waals surface area contributed by atoms with Gasteiger partial charge in [0.2, 0.25) is 0 Å².